The molecule has 27 heavy (non-hydrogen) atoms. The van der Waals surface area contributed by atoms with E-state index in [1.807, 2.05) is 41.5 Å². The van der Waals surface area contributed by atoms with E-state index >= 15 is 0 Å². The van der Waals surface area contributed by atoms with Crippen molar-refractivity contribution in [3.63, 3.8) is 0 Å². The van der Waals surface area contributed by atoms with E-state index in [0.717, 1.165) is 44.5 Å². The first kappa shape index (κ1) is 22.2. The lowest BCUT2D eigenvalue weighted by molar-refractivity contribution is 0.179. The van der Waals surface area contributed by atoms with E-state index in [1.54, 1.807) is 0 Å². The summed E-state index contributed by atoms with van der Waals surface area (Å²) in [6.07, 6.45) is 7.37. The van der Waals surface area contributed by atoms with E-state index in [2.05, 4.69) is 43.1 Å². The predicted molar refractivity (Wildman–Crippen MR) is 124 cm³/mol. The number of aromatic nitrogens is 2. The summed E-state index contributed by atoms with van der Waals surface area (Å²) in [6, 6.07) is 6.34. The van der Waals surface area contributed by atoms with Gasteiger partial charge in [0.1, 0.15) is 0 Å². The molecular formula is C19H31IN6S. The number of likely N-dealkylation sites (tertiary alicyclic amines) is 1. The van der Waals surface area contributed by atoms with E-state index < -0.39 is 0 Å². The maximum absolute atomic E-state index is 4.33. The van der Waals surface area contributed by atoms with Crippen LogP contribution in [0, 0.1) is 5.92 Å². The fourth-order valence-electron chi connectivity index (χ4n) is 3.31. The summed E-state index contributed by atoms with van der Waals surface area (Å²) in [7, 11) is 1.84. The lowest BCUT2D eigenvalue weighted by Crippen LogP contribution is -2.43. The van der Waals surface area contributed by atoms with Crippen molar-refractivity contribution in [2.24, 2.45) is 10.9 Å². The fourth-order valence-corrected chi connectivity index (χ4v) is 4.06. The van der Waals surface area contributed by atoms with Crippen LogP contribution in [-0.4, -0.2) is 53.9 Å². The minimum Gasteiger partial charge on any atom is -0.356 e. The van der Waals surface area contributed by atoms with Gasteiger partial charge >= 0.3 is 0 Å². The topological polar surface area (TPSA) is 57.5 Å². The number of nitrogens with zero attached hydrogens (tertiary/aromatic N) is 4. The number of thiophene rings is 1. The monoisotopic (exact) mass is 502 g/mol. The quantitative estimate of drug-likeness (QED) is 0.252. The first-order valence-corrected chi connectivity index (χ1v) is 10.4. The Balaban J connectivity index is 0.00000261. The van der Waals surface area contributed by atoms with Crippen molar-refractivity contribution in [2.75, 3.05) is 33.2 Å². The predicted octanol–water partition coefficient (Wildman–Crippen LogP) is 3.03. The van der Waals surface area contributed by atoms with Crippen LogP contribution < -0.4 is 10.6 Å². The standard InChI is InChI=1S/C19H30N6S.HI/c1-20-19(21-8-3-10-25-11-4-9-23-25)22-15-17-6-12-24(13-7-17)16-18-5-2-14-26-18;/h2,4-5,9,11,14,17H,3,6-8,10,12-13,15-16H2,1H3,(H2,20,21,22);1H. The highest BCUT2D eigenvalue weighted by molar-refractivity contribution is 14.0. The molecule has 1 aliphatic rings. The molecule has 0 saturated carbocycles. The van der Waals surface area contributed by atoms with Crippen LogP contribution in [0.15, 0.2) is 41.0 Å². The maximum Gasteiger partial charge on any atom is 0.190 e. The summed E-state index contributed by atoms with van der Waals surface area (Å²) in [5.41, 5.74) is 0. The number of nitrogens with one attached hydrogen (secondary N) is 2. The molecule has 3 rings (SSSR count). The zero-order chi connectivity index (χ0) is 18.0. The maximum atomic E-state index is 4.33. The Morgan fingerprint density at radius 1 is 1.30 bits per heavy atom. The van der Waals surface area contributed by atoms with Gasteiger partial charge in [-0.2, -0.15) is 5.10 Å². The minimum absolute atomic E-state index is 0. The number of guanidine groups is 1. The van der Waals surface area contributed by atoms with Gasteiger partial charge < -0.3 is 10.6 Å². The molecule has 0 radical (unpaired) electrons. The lowest BCUT2D eigenvalue weighted by Gasteiger charge is -2.32. The molecule has 0 spiro atoms. The summed E-state index contributed by atoms with van der Waals surface area (Å²) >= 11 is 1.86. The first-order chi connectivity index (χ1) is 12.8. The van der Waals surface area contributed by atoms with Crippen LogP contribution >= 0.6 is 35.3 Å². The van der Waals surface area contributed by atoms with Gasteiger partial charge in [-0.1, -0.05) is 6.07 Å². The Morgan fingerprint density at radius 2 is 2.15 bits per heavy atom. The Kier molecular flexibility index (Phi) is 10.1. The smallest absolute Gasteiger partial charge is 0.190 e. The van der Waals surface area contributed by atoms with Gasteiger partial charge in [0.25, 0.3) is 0 Å². The average Bonchev–Trinajstić information content (AvgIpc) is 3.36. The Bertz CT molecular complexity index is 635. The number of rotatable bonds is 8. The van der Waals surface area contributed by atoms with E-state index in [9.17, 15) is 0 Å². The zero-order valence-electron chi connectivity index (χ0n) is 16.0. The minimum atomic E-state index is 0. The highest BCUT2D eigenvalue weighted by Crippen LogP contribution is 2.20. The second-order valence-corrected chi connectivity index (χ2v) is 7.83. The molecule has 2 N–H and O–H groups in total. The second kappa shape index (κ2) is 12.4. The van der Waals surface area contributed by atoms with Gasteiger partial charge in [-0.3, -0.25) is 14.6 Å². The van der Waals surface area contributed by atoms with E-state index in [0.29, 0.717) is 0 Å². The number of hydrogen-bond acceptors (Lipinski definition) is 4. The van der Waals surface area contributed by atoms with Crippen LogP contribution in [0.3, 0.4) is 0 Å². The van der Waals surface area contributed by atoms with Crippen molar-refractivity contribution < 1.29 is 0 Å². The lowest BCUT2D eigenvalue weighted by atomic mass is 9.97. The average molecular weight is 502 g/mol. The van der Waals surface area contributed by atoms with Crippen molar-refractivity contribution in [1.82, 2.24) is 25.3 Å². The summed E-state index contributed by atoms with van der Waals surface area (Å²) in [4.78, 5) is 8.38. The van der Waals surface area contributed by atoms with E-state index in [1.165, 1.54) is 30.8 Å². The van der Waals surface area contributed by atoms with Crippen LogP contribution in [0.2, 0.25) is 0 Å². The summed E-state index contributed by atoms with van der Waals surface area (Å²) < 4.78 is 1.96. The second-order valence-electron chi connectivity index (χ2n) is 6.80. The SMILES string of the molecule is CN=C(NCCCn1cccn1)NCC1CCN(Cc2cccs2)CC1.I. The Morgan fingerprint density at radius 3 is 2.81 bits per heavy atom. The number of hydrogen-bond donors (Lipinski definition) is 2. The molecule has 2 aromatic heterocycles. The third-order valence-corrected chi connectivity index (χ3v) is 5.73. The number of halogens is 1. The van der Waals surface area contributed by atoms with Gasteiger partial charge in [0.15, 0.2) is 5.96 Å². The molecule has 0 aliphatic carbocycles. The van der Waals surface area contributed by atoms with E-state index in [4.69, 9.17) is 0 Å². The molecule has 0 unspecified atom stereocenters. The van der Waals surface area contributed by atoms with E-state index in [-0.39, 0.29) is 24.0 Å². The molecule has 2 aromatic rings. The molecule has 1 saturated heterocycles. The van der Waals surface area contributed by atoms with Crippen molar-refractivity contribution >= 4 is 41.3 Å². The van der Waals surface area contributed by atoms with Gasteiger partial charge in [-0.05, 0) is 55.8 Å². The van der Waals surface area contributed by atoms with Gasteiger partial charge in [0.05, 0.1) is 0 Å². The fraction of sp³-hybridized carbons (Fsp3) is 0.579. The largest absolute Gasteiger partial charge is 0.356 e. The third-order valence-electron chi connectivity index (χ3n) is 4.86. The van der Waals surface area contributed by atoms with Crippen molar-refractivity contribution in [3.05, 3.63) is 40.8 Å². The molecule has 0 bridgehead atoms. The van der Waals surface area contributed by atoms with Crippen molar-refractivity contribution in [3.8, 4) is 0 Å². The molecule has 8 heteroatoms. The number of aryl methyl sites for hydroxylation is 1. The molecular weight excluding hydrogens is 471 g/mol. The Hall–Kier alpha value is -1.13. The molecule has 0 atom stereocenters. The van der Waals surface area contributed by atoms with Gasteiger partial charge in [-0.25, -0.2) is 0 Å². The van der Waals surface area contributed by atoms with Crippen LogP contribution in [0.5, 0.6) is 0 Å². The van der Waals surface area contributed by atoms with Gasteiger partial charge in [-0.15, -0.1) is 35.3 Å². The van der Waals surface area contributed by atoms with Crippen LogP contribution in [0.1, 0.15) is 24.1 Å². The molecule has 3 heterocycles. The van der Waals surface area contributed by atoms with Crippen LogP contribution in [0.25, 0.3) is 0 Å². The summed E-state index contributed by atoms with van der Waals surface area (Å²) in [5, 5.41) is 13.3. The van der Waals surface area contributed by atoms with Crippen LogP contribution in [-0.2, 0) is 13.1 Å². The number of piperidine rings is 1. The first-order valence-electron chi connectivity index (χ1n) is 9.50. The van der Waals surface area contributed by atoms with Crippen molar-refractivity contribution in [2.45, 2.75) is 32.4 Å². The molecule has 6 nitrogen and oxygen atoms in total. The highest BCUT2D eigenvalue weighted by Gasteiger charge is 2.19. The summed E-state index contributed by atoms with van der Waals surface area (Å²) in [5.74, 6) is 1.64. The van der Waals surface area contributed by atoms with Crippen molar-refractivity contribution in [1.29, 1.82) is 0 Å². The third kappa shape index (κ3) is 7.79. The normalized spacial score (nSPS) is 16.1. The van der Waals surface area contributed by atoms with Gasteiger partial charge in [0, 0.05) is 50.5 Å². The highest BCUT2D eigenvalue weighted by atomic mass is 127. The zero-order valence-corrected chi connectivity index (χ0v) is 19.2. The van der Waals surface area contributed by atoms with Crippen LogP contribution in [0.4, 0.5) is 0 Å². The molecule has 0 aromatic carbocycles. The summed E-state index contributed by atoms with van der Waals surface area (Å²) in [6.45, 7) is 6.34. The molecule has 1 aliphatic heterocycles. The molecule has 0 amide bonds. The number of aliphatic imine (C=N–C) groups is 1. The molecule has 1 fully saturated rings. The van der Waals surface area contributed by atoms with Gasteiger partial charge in [0.2, 0.25) is 0 Å². The molecule has 150 valence electrons. The Labute approximate surface area is 183 Å².